The predicted octanol–water partition coefficient (Wildman–Crippen LogP) is 2.77. The summed E-state index contributed by atoms with van der Waals surface area (Å²) in [4.78, 5) is 12.3. The Morgan fingerprint density at radius 3 is 2.84 bits per heavy atom. The molecule has 1 aromatic heterocycles. The minimum Gasteiger partial charge on any atom is -0.507 e. The molecule has 0 spiro atoms. The molecule has 8 heteroatoms. The van der Waals surface area contributed by atoms with Crippen LogP contribution in [-0.4, -0.2) is 46.6 Å². The van der Waals surface area contributed by atoms with E-state index in [4.69, 9.17) is 16.3 Å². The molecule has 0 aliphatic carbocycles. The van der Waals surface area contributed by atoms with E-state index in [0.717, 1.165) is 5.56 Å². The van der Waals surface area contributed by atoms with Gasteiger partial charge in [-0.15, -0.1) is 0 Å². The van der Waals surface area contributed by atoms with Gasteiger partial charge in [0.1, 0.15) is 17.5 Å². The normalized spacial score (nSPS) is 15.7. The van der Waals surface area contributed by atoms with E-state index in [2.05, 4.69) is 27.6 Å². The van der Waals surface area contributed by atoms with Crippen LogP contribution in [0.25, 0.3) is 11.3 Å². The summed E-state index contributed by atoms with van der Waals surface area (Å²) in [5, 5.41) is 21.1. The number of morpholine rings is 1. The Hall–Kier alpha value is -3.31. The van der Waals surface area contributed by atoms with Crippen molar-refractivity contribution in [2.45, 2.75) is 6.04 Å². The Labute approximate surface area is 185 Å². The second-order valence-electron chi connectivity index (χ2n) is 7.12. The Balaban J connectivity index is 1.51. The van der Waals surface area contributed by atoms with Crippen molar-refractivity contribution in [2.75, 3.05) is 25.1 Å². The van der Waals surface area contributed by atoms with Crippen LogP contribution in [0.5, 0.6) is 5.75 Å². The number of anilines is 1. The van der Waals surface area contributed by atoms with Crippen molar-refractivity contribution in [3.05, 3.63) is 64.8 Å². The van der Waals surface area contributed by atoms with Gasteiger partial charge in [-0.2, -0.15) is 5.10 Å². The van der Waals surface area contributed by atoms with Crippen LogP contribution < -0.4 is 10.6 Å². The number of carbonyl (C=O) groups is 1. The lowest BCUT2D eigenvalue weighted by Crippen LogP contribution is -2.48. The molecular formula is C23H21ClN4O3. The van der Waals surface area contributed by atoms with Crippen molar-refractivity contribution < 1.29 is 14.6 Å². The van der Waals surface area contributed by atoms with E-state index in [1.54, 1.807) is 42.2 Å². The lowest BCUT2D eigenvalue weighted by molar-refractivity contribution is -0.120. The summed E-state index contributed by atoms with van der Waals surface area (Å²) in [7, 11) is 1.79. The van der Waals surface area contributed by atoms with Crippen molar-refractivity contribution in [2.24, 2.45) is 7.05 Å². The molecule has 1 saturated heterocycles. The number of aromatic nitrogens is 2. The van der Waals surface area contributed by atoms with Gasteiger partial charge in [-0.1, -0.05) is 23.4 Å². The standard InChI is InChI=1S/C23H21ClN4O3/c1-28-13-16(22(27-28)19-12-17(24)6-9-21(19)29)5-2-15-3-7-18(8-4-15)26-23(30)20-14-31-11-10-25-20/h3-4,6-9,12-13,20,25,29H,10-11,14H2,1H3,(H,26,30). The van der Waals surface area contributed by atoms with Crippen LogP contribution in [0.3, 0.4) is 0 Å². The van der Waals surface area contributed by atoms with Crippen LogP contribution >= 0.6 is 11.6 Å². The zero-order valence-corrected chi connectivity index (χ0v) is 17.6. The number of nitrogens with one attached hydrogen (secondary N) is 2. The van der Waals surface area contributed by atoms with Gasteiger partial charge >= 0.3 is 0 Å². The average Bonchev–Trinajstić information content (AvgIpc) is 3.15. The zero-order valence-electron chi connectivity index (χ0n) is 16.9. The van der Waals surface area contributed by atoms with Gasteiger partial charge < -0.3 is 20.5 Å². The zero-order chi connectivity index (χ0) is 21.8. The van der Waals surface area contributed by atoms with Gasteiger partial charge in [0, 0.05) is 41.6 Å². The number of nitrogens with zero attached hydrogens (tertiary/aromatic N) is 2. The number of carbonyl (C=O) groups excluding carboxylic acids is 1. The van der Waals surface area contributed by atoms with E-state index in [1.807, 2.05) is 12.1 Å². The van der Waals surface area contributed by atoms with E-state index >= 15 is 0 Å². The van der Waals surface area contributed by atoms with Gasteiger partial charge in [-0.25, -0.2) is 0 Å². The highest BCUT2D eigenvalue weighted by atomic mass is 35.5. The lowest BCUT2D eigenvalue weighted by atomic mass is 10.1. The average molecular weight is 437 g/mol. The first-order valence-corrected chi connectivity index (χ1v) is 10.1. The fourth-order valence-electron chi connectivity index (χ4n) is 3.22. The van der Waals surface area contributed by atoms with Crippen LogP contribution in [0.2, 0.25) is 5.02 Å². The van der Waals surface area contributed by atoms with Gasteiger partial charge in [0.25, 0.3) is 0 Å². The molecule has 1 fully saturated rings. The third-order valence-electron chi connectivity index (χ3n) is 4.77. The maximum Gasteiger partial charge on any atom is 0.243 e. The minimum absolute atomic E-state index is 0.0871. The smallest absolute Gasteiger partial charge is 0.243 e. The molecule has 0 radical (unpaired) electrons. The topological polar surface area (TPSA) is 88.4 Å². The molecule has 1 aliphatic heterocycles. The van der Waals surface area contributed by atoms with E-state index in [1.165, 1.54) is 6.07 Å². The molecule has 31 heavy (non-hydrogen) atoms. The summed E-state index contributed by atoms with van der Waals surface area (Å²) >= 11 is 6.08. The summed E-state index contributed by atoms with van der Waals surface area (Å²) in [6.07, 6.45) is 1.79. The first kappa shape index (κ1) is 20.9. The Bertz CT molecular complexity index is 1160. The van der Waals surface area contributed by atoms with Crippen LogP contribution in [-0.2, 0) is 16.6 Å². The second kappa shape index (κ2) is 9.23. The van der Waals surface area contributed by atoms with Crippen LogP contribution in [0.15, 0.2) is 48.7 Å². The summed E-state index contributed by atoms with van der Waals surface area (Å²) < 4.78 is 6.96. The van der Waals surface area contributed by atoms with Gasteiger partial charge in [0.2, 0.25) is 5.91 Å². The summed E-state index contributed by atoms with van der Waals surface area (Å²) in [5.74, 6) is 6.17. The first-order valence-electron chi connectivity index (χ1n) is 9.76. The number of aromatic hydroxyl groups is 1. The van der Waals surface area contributed by atoms with Crippen molar-refractivity contribution in [3.63, 3.8) is 0 Å². The highest BCUT2D eigenvalue weighted by molar-refractivity contribution is 6.31. The van der Waals surface area contributed by atoms with E-state index in [-0.39, 0.29) is 17.7 Å². The molecule has 3 N–H and O–H groups in total. The van der Waals surface area contributed by atoms with E-state index < -0.39 is 0 Å². The Morgan fingerprint density at radius 2 is 2.10 bits per heavy atom. The molecule has 0 bridgehead atoms. The van der Waals surface area contributed by atoms with Crippen molar-refractivity contribution in [1.29, 1.82) is 0 Å². The molecule has 2 heterocycles. The third kappa shape index (κ3) is 5.06. The Kier molecular flexibility index (Phi) is 6.23. The van der Waals surface area contributed by atoms with Crippen LogP contribution in [0, 0.1) is 11.8 Å². The quantitative estimate of drug-likeness (QED) is 0.549. The molecule has 3 aromatic rings. The SMILES string of the molecule is Cn1cc(C#Cc2ccc(NC(=O)C3COCCN3)cc2)c(-c2cc(Cl)ccc2O)n1. The molecule has 1 atom stereocenters. The number of hydrogen-bond acceptors (Lipinski definition) is 5. The lowest BCUT2D eigenvalue weighted by Gasteiger charge is -2.22. The highest BCUT2D eigenvalue weighted by Crippen LogP contribution is 2.32. The molecule has 158 valence electrons. The number of phenolic OH excluding ortho intramolecular Hbond substituents is 1. The molecule has 1 aliphatic rings. The van der Waals surface area contributed by atoms with Crippen LogP contribution in [0.4, 0.5) is 5.69 Å². The molecule has 7 nitrogen and oxygen atoms in total. The summed E-state index contributed by atoms with van der Waals surface area (Å²) in [5.41, 5.74) is 3.22. The van der Waals surface area contributed by atoms with Crippen molar-refractivity contribution >= 4 is 23.2 Å². The van der Waals surface area contributed by atoms with Gasteiger partial charge in [-0.3, -0.25) is 9.48 Å². The third-order valence-corrected chi connectivity index (χ3v) is 5.01. The number of halogens is 1. The molecule has 0 saturated carbocycles. The fraction of sp³-hybridized carbons (Fsp3) is 0.217. The van der Waals surface area contributed by atoms with Gasteiger partial charge in [-0.05, 0) is 42.5 Å². The largest absolute Gasteiger partial charge is 0.507 e. The van der Waals surface area contributed by atoms with Crippen molar-refractivity contribution in [3.8, 4) is 28.8 Å². The number of rotatable bonds is 3. The maximum atomic E-state index is 12.3. The molecule has 4 rings (SSSR count). The summed E-state index contributed by atoms with van der Waals surface area (Å²) in [6, 6.07) is 11.7. The second-order valence-corrected chi connectivity index (χ2v) is 7.56. The number of ether oxygens (including phenoxy) is 1. The number of hydrogen-bond donors (Lipinski definition) is 3. The number of amides is 1. The maximum absolute atomic E-state index is 12.3. The monoisotopic (exact) mass is 436 g/mol. The van der Waals surface area contributed by atoms with E-state index in [0.29, 0.717) is 47.3 Å². The van der Waals surface area contributed by atoms with E-state index in [9.17, 15) is 9.90 Å². The molecule has 1 amide bonds. The Morgan fingerprint density at radius 1 is 1.29 bits per heavy atom. The van der Waals surface area contributed by atoms with Gasteiger partial charge in [0.15, 0.2) is 0 Å². The number of benzene rings is 2. The fourth-order valence-corrected chi connectivity index (χ4v) is 3.39. The minimum atomic E-state index is -0.347. The summed E-state index contributed by atoms with van der Waals surface area (Å²) in [6.45, 7) is 1.65. The van der Waals surface area contributed by atoms with Crippen molar-refractivity contribution in [1.82, 2.24) is 15.1 Å². The molecule has 1 unspecified atom stereocenters. The first-order chi connectivity index (χ1) is 15.0. The van der Waals surface area contributed by atoms with Gasteiger partial charge in [0.05, 0.1) is 18.8 Å². The molecular weight excluding hydrogens is 416 g/mol. The number of aryl methyl sites for hydroxylation is 1. The predicted molar refractivity (Wildman–Crippen MR) is 119 cm³/mol. The number of phenols is 1. The molecule has 2 aromatic carbocycles. The highest BCUT2D eigenvalue weighted by Gasteiger charge is 2.21. The van der Waals surface area contributed by atoms with Crippen LogP contribution in [0.1, 0.15) is 11.1 Å².